The van der Waals surface area contributed by atoms with E-state index in [1.165, 1.54) is 17.0 Å². The van der Waals surface area contributed by atoms with Gasteiger partial charge in [-0.15, -0.1) is 0 Å². The van der Waals surface area contributed by atoms with Gasteiger partial charge in [0.05, 0.1) is 13.2 Å². The Morgan fingerprint density at radius 2 is 1.65 bits per heavy atom. The van der Waals surface area contributed by atoms with Crippen molar-refractivity contribution in [2.24, 2.45) is 0 Å². The molecule has 23 heavy (non-hydrogen) atoms. The summed E-state index contributed by atoms with van der Waals surface area (Å²) >= 11 is 0. The van der Waals surface area contributed by atoms with Crippen LogP contribution in [-0.2, 0) is 9.47 Å². The van der Waals surface area contributed by atoms with E-state index in [4.69, 9.17) is 14.0 Å². The zero-order valence-electron chi connectivity index (χ0n) is 13.0. The van der Waals surface area contributed by atoms with Crippen LogP contribution >= 0.6 is 0 Å². The number of carbonyl (C=O) groups excluding carboxylic acids is 2. The largest absolute Gasteiger partial charge is 0.462 e. The second kappa shape index (κ2) is 6.91. The van der Waals surface area contributed by atoms with Crippen LogP contribution in [0.15, 0.2) is 27.8 Å². The average molecular weight is 320 g/mol. The Hall–Kier alpha value is -2.90. The Morgan fingerprint density at radius 1 is 1.13 bits per heavy atom. The van der Waals surface area contributed by atoms with Gasteiger partial charge < -0.3 is 18.6 Å². The molecule has 2 rings (SSSR count). The van der Waals surface area contributed by atoms with Gasteiger partial charge in [0.2, 0.25) is 5.43 Å². The predicted octanol–water partition coefficient (Wildman–Crippen LogP) is 1.49. The molecular weight excluding hydrogens is 304 g/mol. The third-order valence-corrected chi connectivity index (χ3v) is 2.90. The number of esters is 2. The van der Waals surface area contributed by atoms with Crippen molar-refractivity contribution >= 4 is 11.9 Å². The first-order valence-corrected chi connectivity index (χ1v) is 7.02. The SMILES string of the molecule is CCOC(=O)c1cn(-c2cc(C)on2)cc(C(=O)OCC)c1=O. The minimum absolute atomic E-state index is 0.102. The van der Waals surface area contributed by atoms with Gasteiger partial charge in [-0.2, -0.15) is 0 Å². The van der Waals surface area contributed by atoms with E-state index in [-0.39, 0.29) is 24.3 Å². The van der Waals surface area contributed by atoms with Crippen LogP contribution < -0.4 is 5.43 Å². The molecule has 0 N–H and O–H groups in total. The number of hydrogen-bond acceptors (Lipinski definition) is 7. The van der Waals surface area contributed by atoms with Crippen LogP contribution in [0.2, 0.25) is 0 Å². The average Bonchev–Trinajstić information content (AvgIpc) is 2.94. The zero-order chi connectivity index (χ0) is 17.0. The highest BCUT2D eigenvalue weighted by Gasteiger charge is 2.22. The highest BCUT2D eigenvalue weighted by atomic mass is 16.5. The summed E-state index contributed by atoms with van der Waals surface area (Å²) in [6.07, 6.45) is 2.50. The first kappa shape index (κ1) is 16.5. The molecule has 2 heterocycles. The number of pyridine rings is 1. The van der Waals surface area contributed by atoms with Crippen LogP contribution in [0.3, 0.4) is 0 Å². The molecule has 0 aliphatic rings. The van der Waals surface area contributed by atoms with Crippen molar-refractivity contribution < 1.29 is 23.6 Å². The topological polar surface area (TPSA) is 101 Å². The highest BCUT2D eigenvalue weighted by Crippen LogP contribution is 2.11. The predicted molar refractivity (Wildman–Crippen MR) is 78.8 cm³/mol. The van der Waals surface area contributed by atoms with Crippen LogP contribution in [0.5, 0.6) is 0 Å². The van der Waals surface area contributed by atoms with Gasteiger partial charge in [0.15, 0.2) is 5.82 Å². The maximum absolute atomic E-state index is 12.3. The zero-order valence-corrected chi connectivity index (χ0v) is 13.0. The van der Waals surface area contributed by atoms with Crippen LogP contribution in [0, 0.1) is 6.92 Å². The van der Waals surface area contributed by atoms with Gasteiger partial charge in [-0.3, -0.25) is 4.79 Å². The van der Waals surface area contributed by atoms with Crippen molar-refractivity contribution in [2.75, 3.05) is 13.2 Å². The summed E-state index contributed by atoms with van der Waals surface area (Å²) in [7, 11) is 0. The molecule has 0 saturated carbocycles. The van der Waals surface area contributed by atoms with Crippen LogP contribution in [0.4, 0.5) is 0 Å². The molecule has 0 amide bonds. The minimum Gasteiger partial charge on any atom is -0.462 e. The lowest BCUT2D eigenvalue weighted by Gasteiger charge is -2.09. The third-order valence-electron chi connectivity index (χ3n) is 2.90. The third kappa shape index (κ3) is 3.47. The molecule has 0 aliphatic heterocycles. The number of aryl methyl sites for hydroxylation is 1. The summed E-state index contributed by atoms with van der Waals surface area (Å²) in [6, 6.07) is 1.59. The molecule has 0 fully saturated rings. The Labute approximate surface area is 131 Å². The van der Waals surface area contributed by atoms with Crippen molar-refractivity contribution in [2.45, 2.75) is 20.8 Å². The lowest BCUT2D eigenvalue weighted by atomic mass is 10.2. The fourth-order valence-electron chi connectivity index (χ4n) is 1.89. The first-order valence-electron chi connectivity index (χ1n) is 7.02. The molecule has 8 nitrogen and oxygen atoms in total. The number of nitrogens with zero attached hydrogens (tertiary/aromatic N) is 2. The fourth-order valence-corrected chi connectivity index (χ4v) is 1.89. The number of hydrogen-bond donors (Lipinski definition) is 0. The molecular formula is C15H16N2O6. The van der Waals surface area contributed by atoms with Crippen molar-refractivity contribution in [3.05, 3.63) is 45.6 Å². The number of aromatic nitrogens is 2. The Kier molecular flexibility index (Phi) is 4.95. The summed E-state index contributed by atoms with van der Waals surface area (Å²) in [6.45, 7) is 5.13. The quantitative estimate of drug-likeness (QED) is 0.769. The van der Waals surface area contributed by atoms with E-state index in [0.29, 0.717) is 11.6 Å². The van der Waals surface area contributed by atoms with Gasteiger partial charge in [0.25, 0.3) is 0 Å². The first-order chi connectivity index (χ1) is 11.0. The summed E-state index contributed by atoms with van der Waals surface area (Å²) < 4.78 is 16.0. The molecule has 8 heteroatoms. The van der Waals surface area contributed by atoms with E-state index in [9.17, 15) is 14.4 Å². The van der Waals surface area contributed by atoms with Crippen LogP contribution in [0.1, 0.15) is 40.3 Å². The van der Waals surface area contributed by atoms with Gasteiger partial charge in [-0.05, 0) is 20.8 Å². The van der Waals surface area contributed by atoms with Crippen molar-refractivity contribution in [3.8, 4) is 5.82 Å². The van der Waals surface area contributed by atoms with Gasteiger partial charge in [0.1, 0.15) is 16.9 Å². The fraction of sp³-hybridized carbons (Fsp3) is 0.333. The molecule has 0 aliphatic carbocycles. The Morgan fingerprint density at radius 3 is 2.04 bits per heavy atom. The minimum atomic E-state index is -0.822. The highest BCUT2D eigenvalue weighted by molar-refractivity contribution is 5.94. The van der Waals surface area contributed by atoms with Crippen molar-refractivity contribution in [1.82, 2.24) is 9.72 Å². The van der Waals surface area contributed by atoms with Crippen molar-refractivity contribution in [1.29, 1.82) is 0 Å². The van der Waals surface area contributed by atoms with Crippen molar-refractivity contribution in [3.63, 3.8) is 0 Å². The van der Waals surface area contributed by atoms with Gasteiger partial charge in [0, 0.05) is 18.5 Å². The van der Waals surface area contributed by atoms with Crippen LogP contribution in [0.25, 0.3) is 5.82 Å². The monoisotopic (exact) mass is 320 g/mol. The smallest absolute Gasteiger partial charge is 0.343 e. The lowest BCUT2D eigenvalue weighted by Crippen LogP contribution is -2.26. The van der Waals surface area contributed by atoms with E-state index >= 15 is 0 Å². The molecule has 0 bridgehead atoms. The summed E-state index contributed by atoms with van der Waals surface area (Å²) in [5, 5.41) is 3.79. The molecule has 2 aromatic heterocycles. The molecule has 0 atom stereocenters. The summed E-state index contributed by atoms with van der Waals surface area (Å²) in [5.41, 5.74) is -1.31. The second-order valence-corrected chi connectivity index (χ2v) is 4.56. The molecule has 0 unspecified atom stereocenters. The van der Waals surface area contributed by atoms with E-state index in [1.54, 1.807) is 26.8 Å². The number of carbonyl (C=O) groups is 2. The Balaban J connectivity index is 2.62. The Bertz CT molecular complexity index is 747. The maximum atomic E-state index is 12.3. The molecule has 0 radical (unpaired) electrons. The van der Waals surface area contributed by atoms with E-state index in [1.807, 2.05) is 0 Å². The maximum Gasteiger partial charge on any atom is 0.343 e. The number of ether oxygens (including phenoxy) is 2. The van der Waals surface area contributed by atoms with Crippen LogP contribution in [-0.4, -0.2) is 34.9 Å². The van der Waals surface area contributed by atoms with Gasteiger partial charge >= 0.3 is 11.9 Å². The second-order valence-electron chi connectivity index (χ2n) is 4.56. The molecule has 0 saturated heterocycles. The van der Waals surface area contributed by atoms with E-state index < -0.39 is 17.4 Å². The normalized spacial score (nSPS) is 10.4. The molecule has 2 aromatic rings. The summed E-state index contributed by atoms with van der Waals surface area (Å²) in [4.78, 5) is 36.2. The van der Waals surface area contributed by atoms with Gasteiger partial charge in [-0.25, -0.2) is 9.59 Å². The molecule has 122 valence electrons. The molecule has 0 aromatic carbocycles. The van der Waals surface area contributed by atoms with Gasteiger partial charge in [-0.1, -0.05) is 5.16 Å². The number of rotatable bonds is 5. The van der Waals surface area contributed by atoms with E-state index in [0.717, 1.165) is 0 Å². The lowest BCUT2D eigenvalue weighted by molar-refractivity contribution is 0.0520. The molecule has 0 spiro atoms. The summed E-state index contributed by atoms with van der Waals surface area (Å²) in [5.74, 6) is -0.789. The standard InChI is InChI=1S/C15H16N2O6/c1-4-21-14(19)10-7-17(12-6-9(3)23-16-12)8-11(13(10)18)15(20)22-5-2/h6-8H,4-5H2,1-3H3. The van der Waals surface area contributed by atoms with E-state index in [2.05, 4.69) is 5.16 Å².